The van der Waals surface area contributed by atoms with Crippen LogP contribution in [0.2, 0.25) is 0 Å². The molecule has 1 rings (SSSR count). The molecule has 10 heteroatoms. The fourth-order valence-corrected chi connectivity index (χ4v) is 1.61. The molecule has 24 heavy (non-hydrogen) atoms. The average molecular weight is 372 g/mol. The van der Waals surface area contributed by atoms with Crippen molar-refractivity contribution in [1.29, 1.82) is 0 Å². The molecule has 0 bridgehead atoms. The number of nitrogens with two attached hydrogens (primary N) is 1. The molecule has 0 aliphatic carbocycles. The Morgan fingerprint density at radius 2 is 1.83 bits per heavy atom. The maximum absolute atomic E-state index is 13.3. The Balaban J connectivity index is 0.00000529. The second-order valence-electron chi connectivity index (χ2n) is 4.82. The number of alkyl halides is 2. The molecule has 0 spiro atoms. The molecule has 0 aromatic heterocycles. The molecule has 2 amide bonds. The van der Waals surface area contributed by atoms with Crippen LogP contribution in [-0.4, -0.2) is 37.4 Å². The van der Waals surface area contributed by atoms with Crippen LogP contribution < -0.4 is 16.4 Å². The average Bonchev–Trinajstić information content (AvgIpc) is 2.49. The fourth-order valence-electron chi connectivity index (χ4n) is 1.61. The lowest BCUT2D eigenvalue weighted by Crippen LogP contribution is -2.41. The third-order valence-corrected chi connectivity index (χ3v) is 2.88. The number of hydrogen-bond acceptors (Lipinski definition) is 3. The third-order valence-electron chi connectivity index (χ3n) is 2.88. The van der Waals surface area contributed by atoms with Gasteiger partial charge in [-0.3, -0.25) is 9.59 Å². The van der Waals surface area contributed by atoms with Gasteiger partial charge in [-0.1, -0.05) is 0 Å². The summed E-state index contributed by atoms with van der Waals surface area (Å²) >= 11 is 0. The highest BCUT2D eigenvalue weighted by atomic mass is 35.5. The van der Waals surface area contributed by atoms with Crippen molar-refractivity contribution in [3.63, 3.8) is 0 Å². The normalized spacial score (nSPS) is 10.7. The van der Waals surface area contributed by atoms with Crippen molar-refractivity contribution in [2.45, 2.75) is 18.8 Å². The van der Waals surface area contributed by atoms with Crippen molar-refractivity contribution in [2.75, 3.05) is 19.6 Å². The Morgan fingerprint density at radius 3 is 2.42 bits per heavy atom. The summed E-state index contributed by atoms with van der Waals surface area (Å²) in [7, 11) is 0. The second-order valence-corrected chi connectivity index (χ2v) is 4.82. The van der Waals surface area contributed by atoms with Gasteiger partial charge in [0.25, 0.3) is 11.8 Å². The zero-order chi connectivity index (χ0) is 17.5. The highest BCUT2D eigenvalue weighted by Crippen LogP contribution is 2.10. The molecule has 0 atom stereocenters. The van der Waals surface area contributed by atoms with E-state index in [4.69, 9.17) is 5.73 Å². The van der Waals surface area contributed by atoms with E-state index < -0.39 is 42.5 Å². The van der Waals surface area contributed by atoms with Crippen LogP contribution in [-0.2, 0) is 4.79 Å². The summed E-state index contributed by atoms with van der Waals surface area (Å²) in [6.45, 7) is -1.68. The van der Waals surface area contributed by atoms with E-state index in [0.717, 1.165) is 12.1 Å². The van der Waals surface area contributed by atoms with E-state index in [1.807, 2.05) is 5.32 Å². The molecular weight excluding hydrogens is 354 g/mol. The minimum atomic E-state index is -3.16. The lowest BCUT2D eigenvalue weighted by molar-refractivity contribution is -0.122. The maximum Gasteiger partial charge on any atom is 0.277 e. The number of nitrogens with one attached hydrogen (secondary N) is 2. The van der Waals surface area contributed by atoms with Crippen LogP contribution in [0, 0.1) is 11.6 Å². The van der Waals surface area contributed by atoms with Crippen LogP contribution in [0.1, 0.15) is 23.2 Å². The number of carbonyl (C=O) groups is 2. The van der Waals surface area contributed by atoms with E-state index in [1.54, 1.807) is 0 Å². The molecule has 0 saturated carbocycles. The van der Waals surface area contributed by atoms with Crippen LogP contribution in [0.4, 0.5) is 17.6 Å². The number of benzene rings is 1. The largest absolute Gasteiger partial charge is 0.352 e. The monoisotopic (exact) mass is 371 g/mol. The van der Waals surface area contributed by atoms with Gasteiger partial charge >= 0.3 is 0 Å². The third kappa shape index (κ3) is 7.60. The predicted octanol–water partition coefficient (Wildman–Crippen LogP) is 1.61. The highest BCUT2D eigenvalue weighted by molar-refractivity contribution is 5.94. The number of amides is 2. The molecule has 0 fully saturated rings. The number of halogens is 5. The Kier molecular flexibility index (Phi) is 9.30. The lowest BCUT2D eigenvalue weighted by Gasteiger charge is -2.14. The smallest absolute Gasteiger partial charge is 0.277 e. The molecule has 4 N–H and O–H groups in total. The topological polar surface area (TPSA) is 84.2 Å². The van der Waals surface area contributed by atoms with E-state index in [0.29, 0.717) is 6.07 Å². The molecular formula is C14H18ClF4N3O2. The molecule has 0 unspecified atom stereocenters. The molecule has 136 valence electrons. The van der Waals surface area contributed by atoms with Gasteiger partial charge in [0.2, 0.25) is 5.91 Å². The Bertz CT molecular complexity index is 573. The van der Waals surface area contributed by atoms with Gasteiger partial charge in [-0.25, -0.2) is 17.6 Å². The molecule has 0 aliphatic rings. The first-order chi connectivity index (χ1) is 10.7. The molecule has 0 radical (unpaired) electrons. The summed E-state index contributed by atoms with van der Waals surface area (Å²) in [5, 5.41) is 4.37. The number of hydrogen-bond donors (Lipinski definition) is 3. The molecule has 1 aromatic rings. The van der Waals surface area contributed by atoms with Gasteiger partial charge in [-0.05, 0) is 18.6 Å². The number of rotatable bonds is 8. The van der Waals surface area contributed by atoms with Crippen LogP contribution in [0.3, 0.4) is 0 Å². The maximum atomic E-state index is 13.3. The lowest BCUT2D eigenvalue weighted by atomic mass is 10.2. The molecule has 0 heterocycles. The van der Waals surface area contributed by atoms with Crippen LogP contribution in [0.5, 0.6) is 0 Å². The van der Waals surface area contributed by atoms with Crippen molar-refractivity contribution in [2.24, 2.45) is 5.73 Å². The van der Waals surface area contributed by atoms with E-state index in [-0.39, 0.29) is 37.4 Å². The molecule has 0 aliphatic heterocycles. The predicted molar refractivity (Wildman–Crippen MR) is 82.2 cm³/mol. The van der Waals surface area contributed by atoms with Crippen molar-refractivity contribution in [1.82, 2.24) is 10.6 Å². The second kappa shape index (κ2) is 10.1. The van der Waals surface area contributed by atoms with Crippen molar-refractivity contribution >= 4 is 24.2 Å². The molecule has 5 nitrogen and oxygen atoms in total. The quantitative estimate of drug-likeness (QED) is 0.479. The van der Waals surface area contributed by atoms with E-state index in [2.05, 4.69) is 5.32 Å². The standard InChI is InChI=1S/C14H17F4N3O2.ClH/c15-9-3-4-10(11(16)6-9)13(23)20-5-1-2-12(22)21-8-14(17,18)7-19;/h3-4,6H,1-2,5,7-8,19H2,(H,20,23)(H,21,22);1H. The Labute approximate surface area is 142 Å². The first kappa shape index (κ1) is 22.1. The summed E-state index contributed by atoms with van der Waals surface area (Å²) in [5.74, 6) is -6.32. The van der Waals surface area contributed by atoms with Gasteiger partial charge in [0.1, 0.15) is 11.6 Å². The summed E-state index contributed by atoms with van der Waals surface area (Å²) < 4.78 is 51.7. The van der Waals surface area contributed by atoms with Gasteiger partial charge in [0.05, 0.1) is 18.7 Å². The Morgan fingerprint density at radius 1 is 1.17 bits per heavy atom. The SMILES string of the molecule is Cl.NCC(F)(F)CNC(=O)CCCNC(=O)c1ccc(F)cc1F. The van der Waals surface area contributed by atoms with Gasteiger partial charge in [-0.15, -0.1) is 12.4 Å². The minimum Gasteiger partial charge on any atom is -0.352 e. The Hall–Kier alpha value is -1.87. The molecule has 1 aromatic carbocycles. The van der Waals surface area contributed by atoms with E-state index >= 15 is 0 Å². The summed E-state index contributed by atoms with van der Waals surface area (Å²) in [6, 6.07) is 2.53. The highest BCUT2D eigenvalue weighted by Gasteiger charge is 2.26. The minimum absolute atomic E-state index is 0. The van der Waals surface area contributed by atoms with Crippen molar-refractivity contribution < 1.29 is 27.2 Å². The summed E-state index contributed by atoms with van der Waals surface area (Å²) in [5.41, 5.74) is 4.50. The zero-order valence-electron chi connectivity index (χ0n) is 12.6. The summed E-state index contributed by atoms with van der Waals surface area (Å²) in [6.07, 6.45) is 0.0847. The van der Waals surface area contributed by atoms with Gasteiger partial charge in [0.15, 0.2) is 0 Å². The van der Waals surface area contributed by atoms with Gasteiger partial charge in [-0.2, -0.15) is 0 Å². The molecule has 0 saturated heterocycles. The van der Waals surface area contributed by atoms with Crippen LogP contribution in [0.15, 0.2) is 18.2 Å². The number of carbonyl (C=O) groups excluding carboxylic acids is 2. The van der Waals surface area contributed by atoms with Gasteiger partial charge in [0, 0.05) is 19.0 Å². The van der Waals surface area contributed by atoms with Crippen molar-refractivity contribution in [3.05, 3.63) is 35.4 Å². The van der Waals surface area contributed by atoms with Crippen molar-refractivity contribution in [3.8, 4) is 0 Å². The van der Waals surface area contributed by atoms with Gasteiger partial charge < -0.3 is 16.4 Å². The van der Waals surface area contributed by atoms with Crippen LogP contribution >= 0.6 is 12.4 Å². The zero-order valence-corrected chi connectivity index (χ0v) is 13.4. The first-order valence-electron chi connectivity index (χ1n) is 6.83. The fraction of sp³-hybridized carbons (Fsp3) is 0.429. The first-order valence-corrected chi connectivity index (χ1v) is 6.83. The van der Waals surface area contributed by atoms with E-state index in [1.165, 1.54) is 0 Å². The van der Waals surface area contributed by atoms with Crippen LogP contribution in [0.25, 0.3) is 0 Å². The summed E-state index contributed by atoms with van der Waals surface area (Å²) in [4.78, 5) is 22.9. The van der Waals surface area contributed by atoms with E-state index in [9.17, 15) is 27.2 Å².